The molecule has 0 rings (SSSR count). The highest BCUT2D eigenvalue weighted by Gasteiger charge is 2.24. The van der Waals surface area contributed by atoms with Gasteiger partial charge in [-0.15, -0.1) is 0 Å². The highest BCUT2D eigenvalue weighted by atomic mass is 16.5. The van der Waals surface area contributed by atoms with Crippen molar-refractivity contribution in [2.75, 3.05) is 6.61 Å². The van der Waals surface area contributed by atoms with Crippen molar-refractivity contribution >= 4 is 11.9 Å². The van der Waals surface area contributed by atoms with Crippen molar-refractivity contribution in [3.63, 3.8) is 0 Å². The van der Waals surface area contributed by atoms with Crippen LogP contribution in [0.4, 0.5) is 0 Å². The Morgan fingerprint density at radius 2 is 0.885 bits per heavy atom. The molecule has 3 atom stereocenters. The first-order chi connectivity index (χ1) is 30.0. The lowest BCUT2D eigenvalue weighted by molar-refractivity contribution is -0.151. The molecule has 3 unspecified atom stereocenters. The number of unbranched alkanes of at least 4 members (excludes halogenated alkanes) is 25. The molecular formula is C55H97NO5. The third-order valence-corrected chi connectivity index (χ3v) is 11.4. The van der Waals surface area contributed by atoms with E-state index >= 15 is 0 Å². The molecule has 0 spiro atoms. The van der Waals surface area contributed by atoms with Gasteiger partial charge in [-0.2, -0.15) is 0 Å². The van der Waals surface area contributed by atoms with E-state index in [0.717, 1.165) is 89.9 Å². The number of ether oxygens (including phenoxy) is 1. The highest BCUT2D eigenvalue weighted by Crippen LogP contribution is 2.17. The number of nitrogens with one attached hydrogen (secondary N) is 1. The topological polar surface area (TPSA) is 95.9 Å². The van der Waals surface area contributed by atoms with E-state index in [1.54, 1.807) is 0 Å². The number of amides is 1. The summed E-state index contributed by atoms with van der Waals surface area (Å²) in [5, 5.41) is 23.8. The van der Waals surface area contributed by atoms with Gasteiger partial charge in [-0.25, -0.2) is 0 Å². The molecule has 0 radical (unpaired) electrons. The van der Waals surface area contributed by atoms with Crippen molar-refractivity contribution < 1.29 is 24.5 Å². The Labute approximate surface area is 377 Å². The fourth-order valence-electron chi connectivity index (χ4n) is 7.49. The van der Waals surface area contributed by atoms with Crippen LogP contribution >= 0.6 is 0 Å². The minimum absolute atomic E-state index is 0.0454. The maximum absolute atomic E-state index is 13.2. The van der Waals surface area contributed by atoms with Crippen LogP contribution < -0.4 is 5.32 Å². The second-order valence-corrected chi connectivity index (χ2v) is 17.3. The first-order valence-corrected chi connectivity index (χ1v) is 25.7. The van der Waals surface area contributed by atoms with Crippen LogP contribution in [0.3, 0.4) is 0 Å². The molecule has 0 aliphatic carbocycles. The monoisotopic (exact) mass is 852 g/mol. The molecule has 0 aliphatic rings. The van der Waals surface area contributed by atoms with Gasteiger partial charge in [-0.05, 0) is 70.6 Å². The van der Waals surface area contributed by atoms with Crippen molar-refractivity contribution in [2.45, 2.75) is 257 Å². The van der Waals surface area contributed by atoms with Gasteiger partial charge in [0.05, 0.1) is 25.2 Å². The minimum Gasteiger partial charge on any atom is -0.462 e. The summed E-state index contributed by atoms with van der Waals surface area (Å²) in [6.45, 7) is 6.30. The summed E-state index contributed by atoms with van der Waals surface area (Å²) >= 11 is 0. The average Bonchev–Trinajstić information content (AvgIpc) is 3.25. The smallest absolute Gasteiger partial charge is 0.306 e. The van der Waals surface area contributed by atoms with E-state index in [1.807, 2.05) is 30.4 Å². The van der Waals surface area contributed by atoms with Crippen molar-refractivity contribution in [3.05, 3.63) is 72.9 Å². The van der Waals surface area contributed by atoms with Gasteiger partial charge in [0.25, 0.3) is 0 Å². The van der Waals surface area contributed by atoms with E-state index in [9.17, 15) is 19.8 Å². The van der Waals surface area contributed by atoms with Crippen molar-refractivity contribution in [1.82, 2.24) is 5.32 Å². The second-order valence-electron chi connectivity index (χ2n) is 17.3. The van der Waals surface area contributed by atoms with Crippen LogP contribution in [-0.4, -0.2) is 46.9 Å². The molecule has 3 N–H and O–H groups in total. The SMILES string of the molecule is CC/C=C/C=C/C=C\C=C/CCCCCC(=O)OC(CCCCCC/C=C/C=C/CCCCC)CC(=O)NC(CO)C(O)CCCCCCCCCCCCCCCCCC. The number of rotatable bonds is 45. The summed E-state index contributed by atoms with van der Waals surface area (Å²) in [6.07, 6.45) is 61.0. The van der Waals surface area contributed by atoms with Crippen LogP contribution in [0.5, 0.6) is 0 Å². The first kappa shape index (κ1) is 58.3. The zero-order chi connectivity index (χ0) is 44.5. The van der Waals surface area contributed by atoms with E-state index in [0.29, 0.717) is 19.3 Å². The molecule has 0 aromatic carbocycles. The van der Waals surface area contributed by atoms with E-state index in [-0.39, 0.29) is 24.9 Å². The average molecular weight is 852 g/mol. The number of hydrogen-bond acceptors (Lipinski definition) is 5. The standard InChI is InChI=1S/C55H97NO5/c1-4-7-10-13-16-19-22-25-26-27-30-32-35-38-41-44-47-53(58)52(50-57)56-54(59)49-51(46-43-40-37-34-31-28-23-20-17-14-11-8-5-2)61-55(60)48-45-42-39-36-33-29-24-21-18-15-12-9-6-3/h9,12,15,17-18,20-21,23-24,28-29,33,51-53,57-58H,4-8,10-11,13-14,16,19,22,25-27,30-32,34-50H2,1-3H3,(H,56,59)/b12-9+,18-15+,20-17+,24-21-,28-23+,33-29-. The Kier molecular flexibility index (Phi) is 46.2. The van der Waals surface area contributed by atoms with Gasteiger partial charge >= 0.3 is 5.97 Å². The number of carbonyl (C=O) groups is 2. The Morgan fingerprint density at radius 1 is 0.492 bits per heavy atom. The van der Waals surface area contributed by atoms with E-state index in [1.165, 1.54) is 103 Å². The Hall–Kier alpha value is -2.70. The van der Waals surface area contributed by atoms with Gasteiger partial charge in [0.1, 0.15) is 6.10 Å². The van der Waals surface area contributed by atoms with Crippen molar-refractivity contribution in [3.8, 4) is 0 Å². The summed E-state index contributed by atoms with van der Waals surface area (Å²) in [7, 11) is 0. The number of hydrogen-bond donors (Lipinski definition) is 3. The van der Waals surface area contributed by atoms with Crippen LogP contribution in [0.15, 0.2) is 72.9 Å². The molecule has 0 fully saturated rings. The van der Waals surface area contributed by atoms with Gasteiger partial charge in [0.15, 0.2) is 0 Å². The maximum Gasteiger partial charge on any atom is 0.306 e. The highest BCUT2D eigenvalue weighted by molar-refractivity contribution is 5.77. The summed E-state index contributed by atoms with van der Waals surface area (Å²) in [5.74, 6) is -0.542. The Bertz CT molecular complexity index is 1140. The van der Waals surface area contributed by atoms with Gasteiger partial charge in [0.2, 0.25) is 5.91 Å². The van der Waals surface area contributed by atoms with Gasteiger partial charge in [0, 0.05) is 6.42 Å². The van der Waals surface area contributed by atoms with Gasteiger partial charge < -0.3 is 20.3 Å². The molecule has 6 heteroatoms. The fourth-order valence-corrected chi connectivity index (χ4v) is 7.49. The largest absolute Gasteiger partial charge is 0.462 e. The van der Waals surface area contributed by atoms with Crippen LogP contribution in [0, 0.1) is 0 Å². The number of aliphatic hydroxyl groups excluding tert-OH is 2. The molecule has 352 valence electrons. The zero-order valence-corrected chi connectivity index (χ0v) is 40.0. The van der Waals surface area contributed by atoms with Gasteiger partial charge in [-0.1, -0.05) is 229 Å². The molecule has 0 heterocycles. The molecule has 6 nitrogen and oxygen atoms in total. The van der Waals surface area contributed by atoms with Crippen LogP contribution in [-0.2, 0) is 14.3 Å². The molecule has 0 aromatic heterocycles. The quantitative estimate of drug-likeness (QED) is 0.0322. The summed E-state index contributed by atoms with van der Waals surface area (Å²) in [6, 6.07) is -0.719. The van der Waals surface area contributed by atoms with E-state index in [4.69, 9.17) is 4.74 Å². The van der Waals surface area contributed by atoms with E-state index in [2.05, 4.69) is 68.6 Å². The predicted octanol–water partition coefficient (Wildman–Crippen LogP) is 15.4. The molecule has 0 saturated carbocycles. The number of aliphatic hydroxyl groups is 2. The van der Waals surface area contributed by atoms with Crippen LogP contribution in [0.1, 0.15) is 239 Å². The number of esters is 1. The third kappa shape index (κ3) is 43.7. The molecule has 0 bridgehead atoms. The minimum atomic E-state index is -0.803. The van der Waals surface area contributed by atoms with Crippen molar-refractivity contribution in [1.29, 1.82) is 0 Å². The Balaban J connectivity index is 4.62. The lowest BCUT2D eigenvalue weighted by Gasteiger charge is -2.24. The fraction of sp³-hybridized carbons (Fsp3) is 0.745. The molecule has 1 amide bonds. The third-order valence-electron chi connectivity index (χ3n) is 11.4. The number of allylic oxidation sites excluding steroid dienone is 12. The zero-order valence-electron chi connectivity index (χ0n) is 40.0. The molecule has 0 aromatic rings. The molecule has 61 heavy (non-hydrogen) atoms. The maximum atomic E-state index is 13.2. The molecule has 0 aliphatic heterocycles. The normalized spacial score (nSPS) is 13.9. The van der Waals surface area contributed by atoms with Crippen LogP contribution in [0.2, 0.25) is 0 Å². The van der Waals surface area contributed by atoms with E-state index < -0.39 is 18.2 Å². The lowest BCUT2D eigenvalue weighted by Crippen LogP contribution is -2.46. The first-order valence-electron chi connectivity index (χ1n) is 25.7. The summed E-state index contributed by atoms with van der Waals surface area (Å²) < 4.78 is 5.90. The predicted molar refractivity (Wildman–Crippen MR) is 264 cm³/mol. The summed E-state index contributed by atoms with van der Waals surface area (Å²) in [4.78, 5) is 26.1. The Morgan fingerprint density at radius 3 is 1.39 bits per heavy atom. The second kappa shape index (κ2) is 48.3. The number of carbonyl (C=O) groups excluding carboxylic acids is 2. The van der Waals surface area contributed by atoms with Gasteiger partial charge in [-0.3, -0.25) is 9.59 Å². The van der Waals surface area contributed by atoms with Crippen molar-refractivity contribution in [2.24, 2.45) is 0 Å². The lowest BCUT2D eigenvalue weighted by atomic mass is 10.0. The van der Waals surface area contributed by atoms with Crippen LogP contribution in [0.25, 0.3) is 0 Å². The molecule has 0 saturated heterocycles. The molecular weight excluding hydrogens is 755 g/mol. The summed E-state index contributed by atoms with van der Waals surface area (Å²) in [5.41, 5.74) is 0.